The van der Waals surface area contributed by atoms with Crippen molar-refractivity contribution in [3.05, 3.63) is 29.8 Å². The van der Waals surface area contributed by atoms with E-state index in [4.69, 9.17) is 0 Å². The van der Waals surface area contributed by atoms with E-state index in [0.717, 1.165) is 25.9 Å². The topological polar surface area (TPSA) is 66.5 Å². The summed E-state index contributed by atoms with van der Waals surface area (Å²) < 4.78 is 23.2. The lowest BCUT2D eigenvalue weighted by Gasteiger charge is -2.29. The summed E-state index contributed by atoms with van der Waals surface area (Å²) in [5, 5.41) is 2.81. The highest BCUT2D eigenvalue weighted by Gasteiger charge is 2.28. The van der Waals surface area contributed by atoms with Crippen molar-refractivity contribution in [2.45, 2.75) is 56.2 Å². The largest absolute Gasteiger partial charge is 0.372 e. The predicted octanol–water partition coefficient (Wildman–Crippen LogP) is 2.76. The molecule has 2 fully saturated rings. The molecule has 1 amide bonds. The van der Waals surface area contributed by atoms with Gasteiger partial charge in [-0.1, -0.05) is 0 Å². The van der Waals surface area contributed by atoms with Crippen LogP contribution in [0.3, 0.4) is 0 Å². The summed E-state index contributed by atoms with van der Waals surface area (Å²) in [4.78, 5) is 14.8. The molecule has 1 saturated heterocycles. The van der Waals surface area contributed by atoms with E-state index in [1.807, 2.05) is 24.3 Å². The van der Waals surface area contributed by atoms with E-state index in [9.17, 15) is 13.2 Å². The number of carbonyl (C=O) groups is 1. The molecule has 1 aromatic rings. The van der Waals surface area contributed by atoms with Crippen molar-refractivity contribution in [3.8, 4) is 0 Å². The van der Waals surface area contributed by atoms with Gasteiger partial charge in [0.2, 0.25) is 0 Å². The van der Waals surface area contributed by atoms with Gasteiger partial charge >= 0.3 is 0 Å². The van der Waals surface area contributed by atoms with E-state index >= 15 is 0 Å². The first-order valence-corrected chi connectivity index (χ1v) is 11.2. The van der Waals surface area contributed by atoms with Crippen LogP contribution < -0.4 is 10.2 Å². The van der Waals surface area contributed by atoms with Crippen molar-refractivity contribution in [2.24, 2.45) is 0 Å². The smallest absolute Gasteiger partial charge is 0.251 e. The van der Waals surface area contributed by atoms with Crippen LogP contribution in [-0.2, 0) is 9.84 Å². The molecule has 6 heteroatoms. The molecule has 1 aromatic carbocycles. The second-order valence-electron chi connectivity index (χ2n) is 7.37. The van der Waals surface area contributed by atoms with Crippen molar-refractivity contribution in [1.82, 2.24) is 5.32 Å². The Bertz CT molecular complexity index is 686. The average Bonchev–Trinajstić information content (AvgIpc) is 2.62. The number of anilines is 1. The van der Waals surface area contributed by atoms with E-state index < -0.39 is 9.84 Å². The minimum absolute atomic E-state index is 0.0620. The lowest BCUT2D eigenvalue weighted by atomic mass is 9.94. The number of sulfone groups is 1. The molecule has 0 spiro atoms. The lowest BCUT2D eigenvalue weighted by Crippen LogP contribution is -2.40. The third-order valence-electron chi connectivity index (χ3n) is 5.47. The fraction of sp³-hybridized carbons (Fsp3) is 0.632. The predicted molar refractivity (Wildman–Crippen MR) is 101 cm³/mol. The molecule has 1 aliphatic carbocycles. The molecule has 0 unspecified atom stereocenters. The van der Waals surface area contributed by atoms with Gasteiger partial charge in [0.25, 0.3) is 5.91 Å². The second-order valence-corrected chi connectivity index (χ2v) is 9.70. The maximum absolute atomic E-state index is 12.4. The zero-order chi connectivity index (χ0) is 17.9. The molecule has 1 N–H and O–H groups in total. The number of nitrogens with zero attached hydrogens (tertiary/aromatic N) is 1. The number of benzene rings is 1. The van der Waals surface area contributed by atoms with Crippen molar-refractivity contribution < 1.29 is 13.2 Å². The second kappa shape index (κ2) is 7.77. The Kier molecular flexibility index (Phi) is 5.67. The molecule has 1 aliphatic heterocycles. The third-order valence-corrected chi connectivity index (χ3v) is 7.15. The van der Waals surface area contributed by atoms with Crippen LogP contribution in [0.4, 0.5) is 5.69 Å². The number of hydrogen-bond donors (Lipinski definition) is 1. The molecule has 5 nitrogen and oxygen atoms in total. The standard InChI is InChI=1S/C19H28N2O3S/c1-25(23,24)18-11-7-16(8-12-18)20-19(22)15-5-9-17(10-6-15)21-13-3-2-4-14-21/h5-6,9-10,16,18H,2-4,7-8,11-14H2,1H3,(H,20,22). The lowest BCUT2D eigenvalue weighted by molar-refractivity contribution is 0.0928. The van der Waals surface area contributed by atoms with E-state index in [-0.39, 0.29) is 17.2 Å². The van der Waals surface area contributed by atoms with Gasteiger partial charge in [-0.15, -0.1) is 0 Å². The van der Waals surface area contributed by atoms with Gasteiger partial charge < -0.3 is 10.2 Å². The highest BCUT2D eigenvalue weighted by Crippen LogP contribution is 2.24. The summed E-state index contributed by atoms with van der Waals surface area (Å²) in [6, 6.07) is 7.91. The van der Waals surface area contributed by atoms with Crippen molar-refractivity contribution in [3.63, 3.8) is 0 Å². The van der Waals surface area contributed by atoms with Crippen molar-refractivity contribution in [1.29, 1.82) is 0 Å². The SMILES string of the molecule is CS(=O)(=O)C1CCC(NC(=O)c2ccc(N3CCCCC3)cc2)CC1. The minimum Gasteiger partial charge on any atom is -0.372 e. The van der Waals surface area contributed by atoms with E-state index in [2.05, 4.69) is 10.2 Å². The van der Waals surface area contributed by atoms with Gasteiger partial charge in [-0.2, -0.15) is 0 Å². The first kappa shape index (κ1) is 18.2. The van der Waals surface area contributed by atoms with Crippen LogP contribution in [-0.4, -0.2) is 45.0 Å². The Morgan fingerprint density at radius 1 is 1.00 bits per heavy atom. The van der Waals surface area contributed by atoms with E-state index in [1.165, 1.54) is 31.2 Å². The Labute approximate surface area is 150 Å². The third kappa shape index (κ3) is 4.75. The molecule has 0 aromatic heterocycles. The fourth-order valence-corrected chi connectivity index (χ4v) is 5.01. The van der Waals surface area contributed by atoms with E-state index in [1.54, 1.807) is 0 Å². The molecule has 0 radical (unpaired) electrons. The normalized spacial score (nSPS) is 24.8. The molecular weight excluding hydrogens is 336 g/mol. The number of hydrogen-bond acceptors (Lipinski definition) is 4. The summed E-state index contributed by atoms with van der Waals surface area (Å²) in [5.41, 5.74) is 1.86. The molecule has 1 saturated carbocycles. The number of rotatable bonds is 4. The maximum Gasteiger partial charge on any atom is 0.251 e. The molecule has 0 atom stereocenters. The maximum atomic E-state index is 12.4. The Morgan fingerprint density at radius 2 is 1.60 bits per heavy atom. The first-order valence-electron chi connectivity index (χ1n) is 9.28. The van der Waals surface area contributed by atoms with Crippen molar-refractivity contribution >= 4 is 21.4 Å². The van der Waals surface area contributed by atoms with Crippen LogP contribution in [0, 0.1) is 0 Å². The van der Waals surface area contributed by atoms with Crippen LogP contribution >= 0.6 is 0 Å². The number of carbonyl (C=O) groups excluding carboxylic acids is 1. The molecule has 3 rings (SSSR count). The Morgan fingerprint density at radius 3 is 2.16 bits per heavy atom. The molecule has 138 valence electrons. The highest BCUT2D eigenvalue weighted by molar-refractivity contribution is 7.91. The van der Waals surface area contributed by atoms with Gasteiger partial charge in [0.05, 0.1) is 5.25 Å². The number of nitrogens with one attached hydrogen (secondary N) is 1. The molecular formula is C19H28N2O3S. The van der Waals surface area contributed by atoms with E-state index in [0.29, 0.717) is 18.4 Å². The summed E-state index contributed by atoms with van der Waals surface area (Å²) in [6.45, 7) is 2.18. The summed E-state index contributed by atoms with van der Waals surface area (Å²) in [7, 11) is -2.96. The zero-order valence-electron chi connectivity index (χ0n) is 14.9. The summed E-state index contributed by atoms with van der Waals surface area (Å²) in [5.74, 6) is -0.0620. The number of piperidine rings is 1. The molecule has 25 heavy (non-hydrogen) atoms. The quantitative estimate of drug-likeness (QED) is 0.892. The Balaban J connectivity index is 1.53. The van der Waals surface area contributed by atoms with Gasteiger partial charge in [-0.3, -0.25) is 4.79 Å². The molecule has 1 heterocycles. The minimum atomic E-state index is -2.96. The number of amides is 1. The van der Waals surface area contributed by atoms with Crippen molar-refractivity contribution in [2.75, 3.05) is 24.2 Å². The highest BCUT2D eigenvalue weighted by atomic mass is 32.2. The van der Waals surface area contributed by atoms with Gasteiger partial charge in [0.1, 0.15) is 9.84 Å². The van der Waals surface area contributed by atoms with Crippen LogP contribution in [0.5, 0.6) is 0 Å². The van der Waals surface area contributed by atoms with Crippen LogP contribution in [0.2, 0.25) is 0 Å². The molecule has 2 aliphatic rings. The van der Waals surface area contributed by atoms with Crippen LogP contribution in [0.25, 0.3) is 0 Å². The molecule has 0 bridgehead atoms. The van der Waals surface area contributed by atoms with Crippen LogP contribution in [0.1, 0.15) is 55.3 Å². The average molecular weight is 365 g/mol. The first-order chi connectivity index (χ1) is 11.9. The Hall–Kier alpha value is -1.56. The van der Waals surface area contributed by atoms with Gasteiger partial charge in [-0.25, -0.2) is 8.42 Å². The van der Waals surface area contributed by atoms with Gasteiger partial charge in [-0.05, 0) is 69.2 Å². The summed E-state index contributed by atoms with van der Waals surface area (Å²) >= 11 is 0. The van der Waals surface area contributed by atoms with Gasteiger partial charge in [0.15, 0.2) is 0 Å². The fourth-order valence-electron chi connectivity index (χ4n) is 3.88. The zero-order valence-corrected chi connectivity index (χ0v) is 15.7. The van der Waals surface area contributed by atoms with Crippen LogP contribution in [0.15, 0.2) is 24.3 Å². The van der Waals surface area contributed by atoms with Gasteiger partial charge in [0, 0.05) is 36.6 Å². The monoisotopic (exact) mass is 364 g/mol. The summed E-state index contributed by atoms with van der Waals surface area (Å²) in [6.07, 6.45) is 7.82.